The number of oxazole rings is 1. The van der Waals surface area contributed by atoms with Crippen LogP contribution in [0.2, 0.25) is 0 Å². The highest BCUT2D eigenvalue weighted by molar-refractivity contribution is 5.87. The van der Waals surface area contributed by atoms with Crippen LogP contribution in [0.3, 0.4) is 0 Å². The average Bonchev–Trinajstić information content (AvgIpc) is 3.12. The molecule has 150 valence electrons. The Bertz CT molecular complexity index is 1320. The Balaban J connectivity index is 1.73. The molecule has 30 heavy (non-hydrogen) atoms. The van der Waals surface area contributed by atoms with Gasteiger partial charge < -0.3 is 14.6 Å². The normalized spacial score (nSPS) is 11.4. The van der Waals surface area contributed by atoms with Crippen LogP contribution in [0.5, 0.6) is 11.5 Å². The number of aliphatic imine (C=N–C) groups is 1. The summed E-state index contributed by atoms with van der Waals surface area (Å²) in [4.78, 5) is 19.0. The average molecular weight is 402 g/mol. The molecule has 1 aromatic heterocycles. The molecule has 3 aromatic carbocycles. The summed E-state index contributed by atoms with van der Waals surface area (Å²) in [6, 6.07) is 11.9. The Kier molecular flexibility index (Phi) is 4.67. The van der Waals surface area contributed by atoms with E-state index in [1.807, 2.05) is 26.0 Å². The lowest BCUT2D eigenvalue weighted by atomic mass is 10.1. The van der Waals surface area contributed by atoms with E-state index < -0.39 is 4.92 Å². The summed E-state index contributed by atoms with van der Waals surface area (Å²) in [5, 5.41) is 33.1. The lowest BCUT2D eigenvalue weighted by molar-refractivity contribution is -0.385. The molecule has 0 bridgehead atoms. The monoisotopic (exact) mass is 402 g/mol. The number of benzene rings is 3. The van der Waals surface area contributed by atoms with Crippen LogP contribution in [-0.2, 0) is 0 Å². The van der Waals surface area contributed by atoms with Gasteiger partial charge in [-0.2, -0.15) is 0 Å². The van der Waals surface area contributed by atoms with Crippen LogP contribution in [0.25, 0.3) is 22.6 Å². The first-order chi connectivity index (χ1) is 14.3. The van der Waals surface area contributed by atoms with E-state index >= 15 is 0 Å². The summed E-state index contributed by atoms with van der Waals surface area (Å²) in [6.45, 7) is 3.89. The van der Waals surface area contributed by atoms with Crippen molar-refractivity contribution in [3.8, 4) is 23.0 Å². The number of aromatic hydroxyl groups is 1. The van der Waals surface area contributed by atoms with Crippen molar-refractivity contribution in [1.29, 1.82) is 0 Å². The summed E-state index contributed by atoms with van der Waals surface area (Å²) < 4.78 is 5.85. The second-order valence-electron chi connectivity index (χ2n) is 6.89. The molecule has 1 heterocycles. The van der Waals surface area contributed by atoms with Crippen molar-refractivity contribution in [2.75, 3.05) is 0 Å². The number of non-ortho nitro benzene ring substituents is 1. The van der Waals surface area contributed by atoms with E-state index in [1.54, 1.807) is 12.1 Å². The highest BCUT2D eigenvalue weighted by Crippen LogP contribution is 2.35. The molecular weight excluding hydrogens is 386 g/mol. The van der Waals surface area contributed by atoms with Gasteiger partial charge in [0.25, 0.3) is 5.69 Å². The molecule has 0 atom stereocenters. The second-order valence-corrected chi connectivity index (χ2v) is 6.89. The molecule has 0 aliphatic heterocycles. The second kappa shape index (κ2) is 7.32. The van der Waals surface area contributed by atoms with Crippen molar-refractivity contribution in [3.63, 3.8) is 0 Å². The van der Waals surface area contributed by atoms with E-state index in [2.05, 4.69) is 9.98 Å². The summed E-state index contributed by atoms with van der Waals surface area (Å²) in [5.74, 6) is -0.170. The number of aryl methyl sites for hydroxylation is 2. The molecular formula is C22H16N3O5-. The van der Waals surface area contributed by atoms with Gasteiger partial charge in [0.2, 0.25) is 5.89 Å². The van der Waals surface area contributed by atoms with Gasteiger partial charge in [-0.1, -0.05) is 17.9 Å². The van der Waals surface area contributed by atoms with Crippen molar-refractivity contribution >= 4 is 28.7 Å². The number of nitro benzene ring substituents is 1. The number of rotatable bonds is 4. The summed E-state index contributed by atoms with van der Waals surface area (Å²) in [7, 11) is 0. The lowest BCUT2D eigenvalue weighted by Gasteiger charge is -2.08. The molecule has 4 aromatic rings. The first kappa shape index (κ1) is 19.1. The maximum absolute atomic E-state index is 11.9. The quantitative estimate of drug-likeness (QED) is 0.303. The van der Waals surface area contributed by atoms with Gasteiger partial charge in [-0.3, -0.25) is 15.1 Å². The molecule has 0 saturated carbocycles. The molecule has 8 heteroatoms. The maximum atomic E-state index is 11.9. The SMILES string of the molecule is Cc1cc(C)c2oc(-c3cc(N=Cc4cc([N+](=O)[O-])ccc4[O-])ccc3O)nc2c1. The zero-order valence-electron chi connectivity index (χ0n) is 16.1. The molecule has 4 rings (SSSR count). The van der Waals surface area contributed by atoms with Gasteiger partial charge >= 0.3 is 0 Å². The Morgan fingerprint density at radius 3 is 2.70 bits per heavy atom. The number of nitro groups is 1. The Morgan fingerprint density at radius 2 is 1.93 bits per heavy atom. The largest absolute Gasteiger partial charge is 0.872 e. The minimum Gasteiger partial charge on any atom is -0.872 e. The fourth-order valence-electron chi connectivity index (χ4n) is 3.16. The van der Waals surface area contributed by atoms with E-state index in [-0.39, 0.29) is 28.6 Å². The predicted octanol–water partition coefficient (Wildman–Crippen LogP) is 4.55. The van der Waals surface area contributed by atoms with Gasteiger partial charge in [0.1, 0.15) is 11.3 Å². The van der Waals surface area contributed by atoms with Crippen molar-refractivity contribution in [1.82, 2.24) is 4.98 Å². The molecule has 0 saturated heterocycles. The third kappa shape index (κ3) is 3.58. The Labute approximate surface area is 170 Å². The molecule has 0 fully saturated rings. The van der Waals surface area contributed by atoms with Crippen LogP contribution >= 0.6 is 0 Å². The molecule has 0 amide bonds. The molecule has 0 aliphatic rings. The van der Waals surface area contributed by atoms with Crippen LogP contribution in [0.4, 0.5) is 11.4 Å². The molecule has 0 spiro atoms. The predicted molar refractivity (Wildman–Crippen MR) is 110 cm³/mol. The number of fused-ring (bicyclic) bond motifs is 1. The number of aromatic nitrogens is 1. The van der Waals surface area contributed by atoms with Crippen LogP contribution in [0.15, 0.2) is 57.9 Å². The number of hydrogen-bond donors (Lipinski definition) is 1. The maximum Gasteiger partial charge on any atom is 0.270 e. The molecule has 8 nitrogen and oxygen atoms in total. The van der Waals surface area contributed by atoms with E-state index in [0.29, 0.717) is 22.4 Å². The summed E-state index contributed by atoms with van der Waals surface area (Å²) in [5.41, 5.74) is 3.97. The van der Waals surface area contributed by atoms with Crippen LogP contribution in [0, 0.1) is 24.0 Å². The minimum atomic E-state index is -0.577. The smallest absolute Gasteiger partial charge is 0.270 e. The fraction of sp³-hybridized carbons (Fsp3) is 0.0909. The van der Waals surface area contributed by atoms with Gasteiger partial charge in [-0.15, -0.1) is 0 Å². The third-order valence-electron chi connectivity index (χ3n) is 4.59. The first-order valence-corrected chi connectivity index (χ1v) is 9.02. The van der Waals surface area contributed by atoms with Crippen molar-refractivity contribution in [2.45, 2.75) is 13.8 Å². The topological polar surface area (TPSA) is 125 Å². The van der Waals surface area contributed by atoms with Crippen molar-refractivity contribution in [3.05, 3.63) is 75.3 Å². The Morgan fingerprint density at radius 1 is 1.13 bits per heavy atom. The molecule has 1 N–H and O–H groups in total. The van der Waals surface area contributed by atoms with Gasteiger partial charge in [0.05, 0.1) is 16.2 Å². The van der Waals surface area contributed by atoms with Crippen LogP contribution < -0.4 is 5.11 Å². The van der Waals surface area contributed by atoms with Crippen LogP contribution in [0.1, 0.15) is 16.7 Å². The van der Waals surface area contributed by atoms with Gasteiger partial charge in [0.15, 0.2) is 5.58 Å². The Hall–Kier alpha value is -4.20. The molecule has 0 aliphatic carbocycles. The standard InChI is InChI=1S/C22H17N3O5/c1-12-7-13(2)21-18(8-12)24-22(30-21)17-10-15(3-5-20(17)27)23-11-14-9-16(25(28)29)4-6-19(14)26/h3-11,26-27H,1-2H3/p-1. The molecule has 0 unspecified atom stereocenters. The number of nitrogens with zero attached hydrogens (tertiary/aromatic N) is 3. The zero-order chi connectivity index (χ0) is 21.4. The van der Waals surface area contributed by atoms with Crippen molar-refractivity contribution < 1.29 is 19.6 Å². The number of hydrogen-bond acceptors (Lipinski definition) is 7. The highest BCUT2D eigenvalue weighted by atomic mass is 16.6. The van der Waals surface area contributed by atoms with E-state index in [1.165, 1.54) is 18.3 Å². The van der Waals surface area contributed by atoms with E-state index in [9.17, 15) is 20.3 Å². The molecule has 0 radical (unpaired) electrons. The highest BCUT2D eigenvalue weighted by Gasteiger charge is 2.15. The van der Waals surface area contributed by atoms with Gasteiger partial charge in [-0.25, -0.2) is 4.98 Å². The number of phenolic OH excluding ortho intramolecular Hbond substituents is 1. The van der Waals surface area contributed by atoms with E-state index in [4.69, 9.17) is 4.42 Å². The van der Waals surface area contributed by atoms with Crippen LogP contribution in [-0.4, -0.2) is 21.2 Å². The fourth-order valence-corrected chi connectivity index (χ4v) is 3.16. The zero-order valence-corrected chi connectivity index (χ0v) is 16.1. The van der Waals surface area contributed by atoms with Gasteiger partial charge in [0, 0.05) is 18.3 Å². The van der Waals surface area contributed by atoms with Crippen molar-refractivity contribution in [2.24, 2.45) is 4.99 Å². The minimum absolute atomic E-state index is 0.0326. The van der Waals surface area contributed by atoms with Gasteiger partial charge in [-0.05, 0) is 54.8 Å². The number of phenols is 1. The summed E-state index contributed by atoms with van der Waals surface area (Å²) in [6.07, 6.45) is 1.26. The third-order valence-corrected chi connectivity index (χ3v) is 4.59. The summed E-state index contributed by atoms with van der Waals surface area (Å²) >= 11 is 0. The van der Waals surface area contributed by atoms with E-state index in [0.717, 1.165) is 23.3 Å². The lowest BCUT2D eigenvalue weighted by Crippen LogP contribution is -1.98. The first-order valence-electron chi connectivity index (χ1n) is 9.02.